The molecule has 5 rings (SSSR count). The molecule has 0 unspecified atom stereocenters. The second kappa shape index (κ2) is 18.0. The first-order valence-electron chi connectivity index (χ1n) is 14.4. The Labute approximate surface area is 242 Å². The molecule has 0 atom stereocenters. The number of fused-ring (bicyclic) bond motifs is 20. The molecule has 11 heteroatoms. The third-order valence-corrected chi connectivity index (χ3v) is 6.87. The topological polar surface area (TPSA) is 112 Å². The first-order valence-corrected chi connectivity index (χ1v) is 14.4. The lowest BCUT2D eigenvalue weighted by Gasteiger charge is -2.24. The molecule has 3 aliphatic heterocycles. The summed E-state index contributed by atoms with van der Waals surface area (Å²) in [5.74, 6) is 1.06. The maximum atomic E-state index is 10.9. The Balaban J connectivity index is 1.49. The third kappa shape index (κ3) is 10.9. The summed E-state index contributed by atoms with van der Waals surface area (Å²) >= 11 is 0. The minimum Gasteiger partial charge on any atom is -0.504 e. The second-order valence-electron chi connectivity index (χ2n) is 9.84. The van der Waals surface area contributed by atoms with Gasteiger partial charge in [-0.2, -0.15) is 0 Å². The minimum atomic E-state index is 0.119. The van der Waals surface area contributed by atoms with Crippen molar-refractivity contribution < 1.29 is 43.4 Å². The van der Waals surface area contributed by atoms with Crippen molar-refractivity contribution in [1.82, 2.24) is 9.80 Å². The van der Waals surface area contributed by atoms with E-state index in [0.717, 1.165) is 11.1 Å². The van der Waals surface area contributed by atoms with Gasteiger partial charge in [0, 0.05) is 50.4 Å². The van der Waals surface area contributed by atoms with E-state index >= 15 is 0 Å². The second-order valence-corrected chi connectivity index (χ2v) is 9.84. The van der Waals surface area contributed by atoms with Crippen molar-refractivity contribution in [2.75, 3.05) is 105 Å². The molecule has 0 spiro atoms. The number of phenols is 2. The molecule has 3 heterocycles. The summed E-state index contributed by atoms with van der Waals surface area (Å²) in [7, 11) is 0. The highest BCUT2D eigenvalue weighted by molar-refractivity contribution is 5.46. The highest BCUT2D eigenvalue weighted by Crippen LogP contribution is 2.31. The predicted octanol–water partition coefficient (Wildman–Crippen LogP) is 2.27. The van der Waals surface area contributed by atoms with Gasteiger partial charge in [0.25, 0.3) is 0 Å². The number of hydrogen-bond donors (Lipinski definition) is 2. The normalized spacial score (nSPS) is 23.4. The molecule has 228 valence electrons. The molecule has 3 aliphatic rings. The van der Waals surface area contributed by atoms with Crippen molar-refractivity contribution >= 4 is 0 Å². The third-order valence-electron chi connectivity index (χ3n) is 6.87. The Bertz CT molecular complexity index is 926. The van der Waals surface area contributed by atoms with E-state index in [1.54, 1.807) is 12.1 Å². The first kappa shape index (κ1) is 31.3. The summed E-state index contributed by atoms with van der Waals surface area (Å²) in [5, 5.41) is 21.8. The zero-order chi connectivity index (χ0) is 28.5. The van der Waals surface area contributed by atoms with Crippen LogP contribution in [0, 0.1) is 0 Å². The number of para-hydroxylation sites is 2. The van der Waals surface area contributed by atoms with Gasteiger partial charge in [-0.3, -0.25) is 9.80 Å². The van der Waals surface area contributed by atoms with Gasteiger partial charge in [-0.25, -0.2) is 0 Å². The van der Waals surface area contributed by atoms with Crippen LogP contribution in [0.15, 0.2) is 36.4 Å². The maximum Gasteiger partial charge on any atom is 0.162 e. The molecule has 0 aliphatic carbocycles. The fraction of sp³-hybridized carbons (Fsp3) is 0.600. The van der Waals surface area contributed by atoms with Crippen LogP contribution in [0.4, 0.5) is 0 Å². The van der Waals surface area contributed by atoms with Gasteiger partial charge in [0.15, 0.2) is 23.0 Å². The predicted molar refractivity (Wildman–Crippen MR) is 152 cm³/mol. The van der Waals surface area contributed by atoms with Gasteiger partial charge in [0.2, 0.25) is 0 Å². The van der Waals surface area contributed by atoms with Crippen molar-refractivity contribution in [2.24, 2.45) is 0 Å². The van der Waals surface area contributed by atoms with Crippen LogP contribution in [-0.4, -0.2) is 125 Å². The largest absolute Gasteiger partial charge is 0.504 e. The summed E-state index contributed by atoms with van der Waals surface area (Å²) < 4.78 is 40.6. The van der Waals surface area contributed by atoms with Crippen LogP contribution < -0.4 is 9.47 Å². The van der Waals surface area contributed by atoms with E-state index in [0.29, 0.717) is 117 Å². The molecule has 1 fully saturated rings. The summed E-state index contributed by atoms with van der Waals surface area (Å²) in [6, 6.07) is 11.0. The average molecular weight is 577 g/mol. The number of rotatable bonds is 0. The average Bonchev–Trinajstić information content (AvgIpc) is 2.97. The van der Waals surface area contributed by atoms with E-state index in [2.05, 4.69) is 9.80 Å². The molecular formula is C30H44N2O9. The van der Waals surface area contributed by atoms with Crippen molar-refractivity contribution in [1.29, 1.82) is 0 Å². The van der Waals surface area contributed by atoms with E-state index in [-0.39, 0.29) is 24.7 Å². The number of benzene rings is 2. The fourth-order valence-electron chi connectivity index (χ4n) is 4.59. The van der Waals surface area contributed by atoms with Crippen molar-refractivity contribution in [3.8, 4) is 23.0 Å². The Hall–Kier alpha value is -2.64. The molecule has 0 aromatic heterocycles. The minimum absolute atomic E-state index is 0.119. The van der Waals surface area contributed by atoms with E-state index in [1.807, 2.05) is 24.3 Å². The van der Waals surface area contributed by atoms with E-state index in [9.17, 15) is 10.2 Å². The lowest BCUT2D eigenvalue weighted by molar-refractivity contribution is 0.00609. The number of hydrogen-bond acceptors (Lipinski definition) is 11. The molecule has 6 bridgehead atoms. The molecular weight excluding hydrogens is 532 g/mol. The molecule has 0 radical (unpaired) electrons. The number of aromatic hydroxyl groups is 2. The van der Waals surface area contributed by atoms with Gasteiger partial charge in [-0.05, 0) is 12.1 Å². The highest BCUT2D eigenvalue weighted by Gasteiger charge is 2.15. The van der Waals surface area contributed by atoms with Crippen LogP contribution in [0.3, 0.4) is 0 Å². The SMILES string of the molecule is Oc1c2cccc1OCCOCCOc1cccc(c1O)CN1CCOCCOCCN(CCOCCOCC1)C2. The molecule has 41 heavy (non-hydrogen) atoms. The summed E-state index contributed by atoms with van der Waals surface area (Å²) in [5.41, 5.74) is 1.53. The van der Waals surface area contributed by atoms with Gasteiger partial charge in [0.1, 0.15) is 13.2 Å². The maximum absolute atomic E-state index is 10.9. The molecule has 11 nitrogen and oxygen atoms in total. The standard InChI is InChI=1S/C30H44N2O9/c33-29-25-3-1-5-27(29)40-21-19-39-20-22-41-28-6-2-4-26(30(28)34)24-32-9-13-37-17-15-35-11-7-31(23-25)8-12-36-16-18-38-14-10-32/h1-6,33-34H,7-24H2. The van der Waals surface area contributed by atoms with Gasteiger partial charge in [-0.15, -0.1) is 0 Å². The Morgan fingerprint density at radius 3 is 1.17 bits per heavy atom. The van der Waals surface area contributed by atoms with Crippen LogP contribution >= 0.6 is 0 Å². The smallest absolute Gasteiger partial charge is 0.162 e. The van der Waals surface area contributed by atoms with Crippen molar-refractivity contribution in [3.05, 3.63) is 47.5 Å². The van der Waals surface area contributed by atoms with Gasteiger partial charge in [-0.1, -0.05) is 24.3 Å². The van der Waals surface area contributed by atoms with E-state index in [1.165, 1.54) is 0 Å². The zero-order valence-electron chi connectivity index (χ0n) is 23.8. The quantitative estimate of drug-likeness (QED) is 0.451. The molecule has 2 aromatic carbocycles. The molecule has 0 amide bonds. The lowest BCUT2D eigenvalue weighted by atomic mass is 10.1. The Morgan fingerprint density at radius 1 is 0.439 bits per heavy atom. The van der Waals surface area contributed by atoms with Crippen LogP contribution in [0.2, 0.25) is 0 Å². The molecule has 2 N–H and O–H groups in total. The molecule has 2 aromatic rings. The number of nitrogens with zero attached hydrogens (tertiary/aromatic N) is 2. The molecule has 0 saturated carbocycles. The van der Waals surface area contributed by atoms with Gasteiger partial charge < -0.3 is 43.4 Å². The fourth-order valence-corrected chi connectivity index (χ4v) is 4.59. The van der Waals surface area contributed by atoms with Crippen LogP contribution in [-0.2, 0) is 36.8 Å². The van der Waals surface area contributed by atoms with Gasteiger partial charge in [0.05, 0.1) is 66.1 Å². The van der Waals surface area contributed by atoms with Crippen LogP contribution in [0.25, 0.3) is 0 Å². The zero-order valence-corrected chi connectivity index (χ0v) is 23.8. The highest BCUT2D eigenvalue weighted by atomic mass is 16.6. The first-order chi connectivity index (χ1) is 20.2. The van der Waals surface area contributed by atoms with Crippen LogP contribution in [0.1, 0.15) is 11.1 Å². The van der Waals surface area contributed by atoms with Crippen molar-refractivity contribution in [2.45, 2.75) is 13.1 Å². The van der Waals surface area contributed by atoms with Crippen molar-refractivity contribution in [3.63, 3.8) is 0 Å². The number of ether oxygens (including phenoxy) is 7. The Kier molecular flexibility index (Phi) is 13.8. The molecule has 1 saturated heterocycles. The van der Waals surface area contributed by atoms with Crippen LogP contribution in [0.5, 0.6) is 23.0 Å². The summed E-state index contributed by atoms with van der Waals surface area (Å²) in [6.07, 6.45) is 0. The summed E-state index contributed by atoms with van der Waals surface area (Å²) in [6.45, 7) is 9.08. The Morgan fingerprint density at radius 2 is 0.780 bits per heavy atom. The van der Waals surface area contributed by atoms with E-state index in [4.69, 9.17) is 33.2 Å². The monoisotopic (exact) mass is 576 g/mol. The summed E-state index contributed by atoms with van der Waals surface area (Å²) in [4.78, 5) is 4.38. The van der Waals surface area contributed by atoms with Gasteiger partial charge >= 0.3 is 0 Å². The lowest BCUT2D eigenvalue weighted by Crippen LogP contribution is -2.32. The number of phenolic OH excluding ortho intramolecular Hbond substituents is 2. The van der Waals surface area contributed by atoms with E-state index < -0.39 is 0 Å².